The molecule has 0 nitrogen and oxygen atoms in total. The number of benzene rings is 3. The normalized spacial score (nSPS) is 12.5. The van der Waals surface area contributed by atoms with E-state index in [0.29, 0.717) is 6.42 Å². The average Bonchev–Trinajstić information content (AvgIpc) is 2.50. The van der Waals surface area contributed by atoms with Gasteiger partial charge < -0.3 is 0 Å². The smallest absolute Gasteiger partial charge is 0.159 e. The Kier molecular flexibility index (Phi) is 4.02. The molecule has 0 aliphatic carbocycles. The number of fused-ring (bicyclic) bond motifs is 1. The fourth-order valence-electron chi connectivity index (χ4n) is 2.39. The van der Waals surface area contributed by atoms with Crippen LogP contribution in [0.4, 0.5) is 8.78 Å². The van der Waals surface area contributed by atoms with Crippen molar-refractivity contribution in [1.82, 2.24) is 0 Å². The fraction of sp³-hybridized carbons (Fsp3) is 0.111. The van der Waals surface area contributed by atoms with E-state index in [1.54, 1.807) is 6.07 Å². The Labute approximate surface area is 130 Å². The molecule has 0 saturated heterocycles. The van der Waals surface area contributed by atoms with Gasteiger partial charge >= 0.3 is 0 Å². The highest BCUT2D eigenvalue weighted by molar-refractivity contribution is 9.09. The van der Waals surface area contributed by atoms with Crippen molar-refractivity contribution in [1.29, 1.82) is 0 Å². The van der Waals surface area contributed by atoms with Crippen LogP contribution >= 0.6 is 15.9 Å². The Morgan fingerprint density at radius 1 is 0.810 bits per heavy atom. The number of halogens is 3. The Bertz CT molecular complexity index is 783. The molecule has 0 fully saturated rings. The van der Waals surface area contributed by atoms with E-state index in [1.807, 2.05) is 12.1 Å². The summed E-state index contributed by atoms with van der Waals surface area (Å²) in [5.74, 6) is -1.61. The van der Waals surface area contributed by atoms with Gasteiger partial charge in [-0.3, -0.25) is 0 Å². The molecule has 0 bridgehead atoms. The SMILES string of the molecule is Fc1ccc(CC(Br)c2ccc3ccccc3c2)cc1F. The molecular formula is C18H13BrF2. The molecule has 3 rings (SSSR count). The predicted molar refractivity (Wildman–Crippen MR) is 85.7 cm³/mol. The zero-order valence-corrected chi connectivity index (χ0v) is 12.8. The third-order valence-electron chi connectivity index (χ3n) is 3.53. The molecule has 21 heavy (non-hydrogen) atoms. The first kappa shape index (κ1) is 14.2. The summed E-state index contributed by atoms with van der Waals surface area (Å²) in [6.07, 6.45) is 0.607. The van der Waals surface area contributed by atoms with Crippen LogP contribution < -0.4 is 0 Å². The van der Waals surface area contributed by atoms with Crippen molar-refractivity contribution < 1.29 is 8.78 Å². The zero-order chi connectivity index (χ0) is 14.8. The third kappa shape index (κ3) is 3.13. The minimum absolute atomic E-state index is 0.0620. The maximum atomic E-state index is 13.3. The monoisotopic (exact) mass is 346 g/mol. The van der Waals surface area contributed by atoms with Crippen molar-refractivity contribution >= 4 is 26.7 Å². The van der Waals surface area contributed by atoms with Gasteiger partial charge in [0.15, 0.2) is 11.6 Å². The summed E-state index contributed by atoms with van der Waals surface area (Å²) in [5, 5.41) is 2.36. The van der Waals surface area contributed by atoms with E-state index < -0.39 is 11.6 Å². The molecular weight excluding hydrogens is 334 g/mol. The van der Waals surface area contributed by atoms with Crippen molar-refractivity contribution in [2.45, 2.75) is 11.2 Å². The van der Waals surface area contributed by atoms with Gasteiger partial charge in [0.25, 0.3) is 0 Å². The van der Waals surface area contributed by atoms with Gasteiger partial charge in [-0.15, -0.1) is 0 Å². The van der Waals surface area contributed by atoms with Crippen LogP contribution in [0.15, 0.2) is 60.7 Å². The predicted octanol–water partition coefficient (Wildman–Crippen LogP) is 5.80. The summed E-state index contributed by atoms with van der Waals surface area (Å²) in [7, 11) is 0. The van der Waals surface area contributed by atoms with Crippen LogP contribution in [-0.4, -0.2) is 0 Å². The van der Waals surface area contributed by atoms with E-state index in [9.17, 15) is 8.78 Å². The molecule has 0 aromatic heterocycles. The molecule has 0 heterocycles. The fourth-order valence-corrected chi connectivity index (χ4v) is 3.05. The Hall–Kier alpha value is -1.74. The summed E-state index contributed by atoms with van der Waals surface area (Å²) >= 11 is 3.64. The van der Waals surface area contributed by atoms with Gasteiger partial charge in [0.2, 0.25) is 0 Å². The highest BCUT2D eigenvalue weighted by Gasteiger charge is 2.11. The van der Waals surface area contributed by atoms with Gasteiger partial charge in [0, 0.05) is 4.83 Å². The van der Waals surface area contributed by atoms with Crippen LogP contribution in [0.3, 0.4) is 0 Å². The Morgan fingerprint density at radius 3 is 2.33 bits per heavy atom. The summed E-state index contributed by atoms with van der Waals surface area (Å²) in [4.78, 5) is 0.0620. The van der Waals surface area contributed by atoms with Crippen molar-refractivity contribution in [2.24, 2.45) is 0 Å². The largest absolute Gasteiger partial charge is 0.204 e. The van der Waals surface area contributed by atoms with E-state index in [4.69, 9.17) is 0 Å². The zero-order valence-electron chi connectivity index (χ0n) is 11.2. The van der Waals surface area contributed by atoms with Crippen LogP contribution in [-0.2, 0) is 6.42 Å². The first-order valence-electron chi connectivity index (χ1n) is 6.70. The lowest BCUT2D eigenvalue weighted by atomic mass is 10.0. The lowest BCUT2D eigenvalue weighted by Crippen LogP contribution is -1.97. The second kappa shape index (κ2) is 5.94. The average molecular weight is 347 g/mol. The molecule has 3 heteroatoms. The minimum atomic E-state index is -0.810. The molecule has 106 valence electrons. The number of hydrogen-bond donors (Lipinski definition) is 0. The summed E-state index contributed by atoms with van der Waals surface area (Å²) in [6.45, 7) is 0. The molecule has 3 aromatic rings. The second-order valence-corrected chi connectivity index (χ2v) is 6.13. The van der Waals surface area contributed by atoms with Crippen molar-refractivity contribution in [3.63, 3.8) is 0 Å². The van der Waals surface area contributed by atoms with Gasteiger partial charge in [-0.25, -0.2) is 8.78 Å². The minimum Gasteiger partial charge on any atom is -0.204 e. The summed E-state index contributed by atoms with van der Waals surface area (Å²) in [5.41, 5.74) is 1.89. The van der Waals surface area contributed by atoms with Gasteiger partial charge in [0.05, 0.1) is 0 Å². The van der Waals surface area contributed by atoms with Crippen molar-refractivity contribution in [3.8, 4) is 0 Å². The lowest BCUT2D eigenvalue weighted by molar-refractivity contribution is 0.507. The van der Waals surface area contributed by atoms with Crippen molar-refractivity contribution in [3.05, 3.63) is 83.4 Å². The summed E-state index contributed by atoms with van der Waals surface area (Å²) in [6, 6.07) is 18.4. The second-order valence-electron chi connectivity index (χ2n) is 5.03. The highest BCUT2D eigenvalue weighted by Crippen LogP contribution is 2.29. The molecule has 3 aromatic carbocycles. The molecule has 0 aliphatic rings. The van der Waals surface area contributed by atoms with E-state index >= 15 is 0 Å². The topological polar surface area (TPSA) is 0 Å². The highest BCUT2D eigenvalue weighted by atomic mass is 79.9. The van der Waals surface area contributed by atoms with E-state index in [0.717, 1.165) is 11.1 Å². The van der Waals surface area contributed by atoms with Crippen LogP contribution in [0.5, 0.6) is 0 Å². The quantitative estimate of drug-likeness (QED) is 0.526. The molecule has 0 aliphatic heterocycles. The summed E-state index contributed by atoms with van der Waals surface area (Å²) < 4.78 is 26.2. The maximum Gasteiger partial charge on any atom is 0.159 e. The van der Waals surface area contributed by atoms with Crippen LogP contribution in [0.2, 0.25) is 0 Å². The first-order valence-corrected chi connectivity index (χ1v) is 7.62. The van der Waals surface area contributed by atoms with Crippen LogP contribution in [0.1, 0.15) is 16.0 Å². The molecule has 0 saturated carbocycles. The molecule has 0 spiro atoms. The lowest BCUT2D eigenvalue weighted by Gasteiger charge is -2.12. The van der Waals surface area contributed by atoms with Gasteiger partial charge in [-0.1, -0.05) is 64.5 Å². The third-order valence-corrected chi connectivity index (χ3v) is 4.39. The van der Waals surface area contributed by atoms with Crippen molar-refractivity contribution in [2.75, 3.05) is 0 Å². The van der Waals surface area contributed by atoms with E-state index in [-0.39, 0.29) is 4.83 Å². The van der Waals surface area contributed by atoms with E-state index in [1.165, 1.54) is 22.9 Å². The maximum absolute atomic E-state index is 13.3. The first-order chi connectivity index (χ1) is 10.1. The van der Waals surface area contributed by atoms with Crippen LogP contribution in [0.25, 0.3) is 10.8 Å². The van der Waals surface area contributed by atoms with Gasteiger partial charge in [-0.05, 0) is 40.5 Å². The van der Waals surface area contributed by atoms with Gasteiger partial charge in [-0.2, -0.15) is 0 Å². The molecule has 0 amide bonds. The standard InChI is InChI=1S/C18H13BrF2/c19-16(9-12-5-8-17(20)18(21)10-12)15-7-6-13-3-1-2-4-14(13)11-15/h1-8,10-11,16H,9H2. The van der Waals surface area contributed by atoms with E-state index in [2.05, 4.69) is 46.3 Å². The Balaban J connectivity index is 1.85. The number of rotatable bonds is 3. The molecule has 1 atom stereocenters. The van der Waals surface area contributed by atoms with Crippen LogP contribution in [0, 0.1) is 11.6 Å². The number of hydrogen-bond acceptors (Lipinski definition) is 0. The van der Waals surface area contributed by atoms with Gasteiger partial charge in [0.1, 0.15) is 0 Å². The Morgan fingerprint density at radius 2 is 1.57 bits per heavy atom. The molecule has 0 N–H and O–H groups in total. The molecule has 1 unspecified atom stereocenters. The number of alkyl halides is 1. The molecule has 0 radical (unpaired) electrons.